The molecule has 1 fully saturated rings. The molecule has 5 nitrogen and oxygen atoms in total. The predicted molar refractivity (Wildman–Crippen MR) is 76.4 cm³/mol. The molecule has 0 aromatic heterocycles. The Balaban J connectivity index is 2.63. The van der Waals surface area contributed by atoms with Crippen molar-refractivity contribution in [2.24, 2.45) is 5.92 Å². The van der Waals surface area contributed by atoms with Crippen LogP contribution >= 0.6 is 0 Å². The van der Waals surface area contributed by atoms with Crippen LogP contribution in [0.15, 0.2) is 0 Å². The molecule has 1 amide bonds. The number of esters is 1. The molecule has 116 valence electrons. The van der Waals surface area contributed by atoms with Gasteiger partial charge in [-0.1, -0.05) is 19.3 Å². The van der Waals surface area contributed by atoms with Crippen LogP contribution in [0.4, 0.5) is 4.79 Å². The minimum Gasteiger partial charge on any atom is -0.468 e. The monoisotopic (exact) mass is 285 g/mol. The highest BCUT2D eigenvalue weighted by Gasteiger charge is 2.27. The highest BCUT2D eigenvalue weighted by molar-refractivity contribution is 5.78. The molecular formula is C15H27NO4. The van der Waals surface area contributed by atoms with Gasteiger partial charge in [0.25, 0.3) is 0 Å². The normalized spacial score (nSPS) is 16.6. The van der Waals surface area contributed by atoms with Crippen molar-refractivity contribution in [2.45, 2.75) is 58.5 Å². The average molecular weight is 285 g/mol. The molecule has 0 saturated heterocycles. The Morgan fingerprint density at radius 3 is 2.25 bits per heavy atom. The maximum Gasteiger partial charge on any atom is 0.410 e. The summed E-state index contributed by atoms with van der Waals surface area (Å²) in [5.41, 5.74) is -0.558. The Labute approximate surface area is 121 Å². The van der Waals surface area contributed by atoms with Crippen LogP contribution in [0, 0.1) is 5.92 Å². The minimum absolute atomic E-state index is 0.0398. The van der Waals surface area contributed by atoms with E-state index in [4.69, 9.17) is 4.74 Å². The lowest BCUT2D eigenvalue weighted by Gasteiger charge is -2.31. The van der Waals surface area contributed by atoms with Crippen molar-refractivity contribution in [2.75, 3.05) is 20.2 Å². The lowest BCUT2D eigenvalue weighted by Crippen LogP contribution is -2.42. The zero-order valence-corrected chi connectivity index (χ0v) is 13.1. The maximum absolute atomic E-state index is 12.2. The Morgan fingerprint density at radius 2 is 1.75 bits per heavy atom. The van der Waals surface area contributed by atoms with Gasteiger partial charge in [0.1, 0.15) is 12.1 Å². The molecule has 0 spiro atoms. The van der Waals surface area contributed by atoms with Crippen molar-refractivity contribution in [3.63, 3.8) is 0 Å². The summed E-state index contributed by atoms with van der Waals surface area (Å²) in [6.07, 6.45) is 5.45. The third-order valence-corrected chi connectivity index (χ3v) is 3.40. The van der Waals surface area contributed by atoms with E-state index in [1.54, 1.807) is 0 Å². The van der Waals surface area contributed by atoms with Gasteiger partial charge in [0, 0.05) is 6.54 Å². The van der Waals surface area contributed by atoms with Crippen molar-refractivity contribution >= 4 is 12.1 Å². The summed E-state index contributed by atoms with van der Waals surface area (Å²) in [6.45, 7) is 6.00. The van der Waals surface area contributed by atoms with Gasteiger partial charge in [-0.15, -0.1) is 0 Å². The SMILES string of the molecule is COC(=O)CN(CC1CCCCC1)C(=O)OC(C)(C)C. The summed E-state index contributed by atoms with van der Waals surface area (Å²) >= 11 is 0. The zero-order valence-electron chi connectivity index (χ0n) is 13.1. The number of methoxy groups -OCH3 is 1. The van der Waals surface area contributed by atoms with Crippen molar-refractivity contribution in [1.82, 2.24) is 4.90 Å². The molecule has 0 N–H and O–H groups in total. The van der Waals surface area contributed by atoms with E-state index in [9.17, 15) is 9.59 Å². The molecule has 5 heteroatoms. The van der Waals surface area contributed by atoms with Gasteiger partial charge in [-0.05, 0) is 39.5 Å². The van der Waals surface area contributed by atoms with Gasteiger partial charge in [-0.25, -0.2) is 4.79 Å². The molecule has 1 saturated carbocycles. The lowest BCUT2D eigenvalue weighted by atomic mass is 9.89. The first-order valence-corrected chi connectivity index (χ1v) is 7.36. The van der Waals surface area contributed by atoms with Gasteiger partial charge in [-0.3, -0.25) is 9.69 Å². The molecule has 1 aliphatic rings. The first-order chi connectivity index (χ1) is 9.31. The maximum atomic E-state index is 12.2. The molecule has 0 aromatic carbocycles. The quantitative estimate of drug-likeness (QED) is 0.745. The first kappa shape index (κ1) is 16.8. The molecule has 1 rings (SSSR count). The summed E-state index contributed by atoms with van der Waals surface area (Å²) in [6, 6.07) is 0. The number of carbonyl (C=O) groups excluding carboxylic acids is 2. The summed E-state index contributed by atoms with van der Waals surface area (Å²) in [5.74, 6) is 0.0487. The van der Waals surface area contributed by atoms with Crippen LogP contribution < -0.4 is 0 Å². The largest absolute Gasteiger partial charge is 0.468 e. The van der Waals surface area contributed by atoms with Crippen molar-refractivity contribution < 1.29 is 19.1 Å². The molecule has 0 aromatic rings. The lowest BCUT2D eigenvalue weighted by molar-refractivity contribution is -0.142. The molecule has 0 aliphatic heterocycles. The number of amides is 1. The van der Waals surface area contributed by atoms with E-state index in [1.165, 1.54) is 31.3 Å². The van der Waals surface area contributed by atoms with Gasteiger partial charge in [0.2, 0.25) is 0 Å². The third-order valence-electron chi connectivity index (χ3n) is 3.40. The van der Waals surface area contributed by atoms with Crippen molar-refractivity contribution in [1.29, 1.82) is 0 Å². The first-order valence-electron chi connectivity index (χ1n) is 7.36. The zero-order chi connectivity index (χ0) is 15.2. The van der Waals surface area contributed by atoms with Crippen LogP contribution in [0.5, 0.6) is 0 Å². The van der Waals surface area contributed by atoms with Gasteiger partial charge >= 0.3 is 12.1 Å². The van der Waals surface area contributed by atoms with Gasteiger partial charge in [0.05, 0.1) is 7.11 Å². The topological polar surface area (TPSA) is 55.8 Å². The molecular weight excluding hydrogens is 258 g/mol. The molecule has 0 bridgehead atoms. The average Bonchev–Trinajstić information content (AvgIpc) is 2.37. The third kappa shape index (κ3) is 6.26. The Morgan fingerprint density at radius 1 is 1.15 bits per heavy atom. The summed E-state index contributed by atoms with van der Waals surface area (Å²) in [4.78, 5) is 25.1. The van der Waals surface area contributed by atoms with Crippen LogP contribution in [0.1, 0.15) is 52.9 Å². The van der Waals surface area contributed by atoms with E-state index in [0.29, 0.717) is 12.5 Å². The number of ether oxygens (including phenoxy) is 2. The molecule has 0 unspecified atom stereocenters. The highest BCUT2D eigenvalue weighted by Crippen LogP contribution is 2.25. The number of hydrogen-bond acceptors (Lipinski definition) is 4. The standard InChI is InChI=1S/C15H27NO4/c1-15(2,3)20-14(18)16(11-13(17)19-4)10-12-8-6-5-7-9-12/h12H,5-11H2,1-4H3. The van der Waals surface area contributed by atoms with E-state index in [-0.39, 0.29) is 6.54 Å². The Hall–Kier alpha value is -1.26. The second kappa shape index (κ2) is 7.50. The smallest absolute Gasteiger partial charge is 0.410 e. The number of rotatable bonds is 4. The molecule has 1 aliphatic carbocycles. The van der Waals surface area contributed by atoms with E-state index in [1.807, 2.05) is 20.8 Å². The van der Waals surface area contributed by atoms with Crippen LogP contribution in [-0.2, 0) is 14.3 Å². The fourth-order valence-corrected chi connectivity index (χ4v) is 2.43. The highest BCUT2D eigenvalue weighted by atomic mass is 16.6. The number of carbonyl (C=O) groups is 2. The molecule has 0 heterocycles. The van der Waals surface area contributed by atoms with Crippen LogP contribution in [0.25, 0.3) is 0 Å². The van der Waals surface area contributed by atoms with E-state index in [2.05, 4.69) is 4.74 Å². The summed E-state index contributed by atoms with van der Waals surface area (Å²) in [7, 11) is 1.33. The Kier molecular flexibility index (Phi) is 6.30. The van der Waals surface area contributed by atoms with E-state index in [0.717, 1.165) is 12.8 Å². The molecule has 20 heavy (non-hydrogen) atoms. The van der Waals surface area contributed by atoms with Crippen LogP contribution in [-0.4, -0.2) is 42.8 Å². The van der Waals surface area contributed by atoms with Crippen molar-refractivity contribution in [3.05, 3.63) is 0 Å². The second-order valence-corrected chi connectivity index (χ2v) is 6.44. The fourth-order valence-electron chi connectivity index (χ4n) is 2.43. The van der Waals surface area contributed by atoms with Gasteiger partial charge in [-0.2, -0.15) is 0 Å². The number of nitrogens with zero attached hydrogens (tertiary/aromatic N) is 1. The summed E-state index contributed by atoms with van der Waals surface area (Å²) < 4.78 is 10.0. The number of hydrogen-bond donors (Lipinski definition) is 0. The van der Waals surface area contributed by atoms with Crippen LogP contribution in [0.2, 0.25) is 0 Å². The van der Waals surface area contributed by atoms with E-state index >= 15 is 0 Å². The fraction of sp³-hybridized carbons (Fsp3) is 0.867. The molecule has 0 atom stereocenters. The van der Waals surface area contributed by atoms with Gasteiger partial charge < -0.3 is 9.47 Å². The van der Waals surface area contributed by atoms with Crippen LogP contribution in [0.3, 0.4) is 0 Å². The Bertz CT molecular complexity index is 329. The van der Waals surface area contributed by atoms with Crippen molar-refractivity contribution in [3.8, 4) is 0 Å². The summed E-state index contributed by atoms with van der Waals surface area (Å²) in [5, 5.41) is 0. The molecule has 0 radical (unpaired) electrons. The second-order valence-electron chi connectivity index (χ2n) is 6.44. The van der Waals surface area contributed by atoms with E-state index < -0.39 is 17.7 Å². The predicted octanol–water partition coefficient (Wildman–Crippen LogP) is 2.98. The minimum atomic E-state index is -0.558. The van der Waals surface area contributed by atoms with Gasteiger partial charge in [0.15, 0.2) is 0 Å².